The topological polar surface area (TPSA) is 117 Å². The number of hydrogen-bond acceptors (Lipinski definition) is 7. The molecule has 1 saturated carbocycles. The fourth-order valence-electron chi connectivity index (χ4n) is 6.09. The summed E-state index contributed by atoms with van der Waals surface area (Å²) in [5.74, 6) is 0.0610. The maximum atomic E-state index is 13.9. The number of anilines is 4. The monoisotopic (exact) mass is 624 g/mol. The first-order valence-electron chi connectivity index (χ1n) is 15.7. The van der Waals surface area contributed by atoms with Crippen molar-refractivity contribution in [3.8, 4) is 6.07 Å². The summed E-state index contributed by atoms with van der Waals surface area (Å²) >= 11 is 0. The minimum atomic E-state index is -0.331. The molecule has 0 spiro atoms. The number of nitrogens with zero attached hydrogens (tertiary/aromatic N) is 5. The number of pyridine rings is 1. The molecule has 1 aliphatic carbocycles. The maximum absolute atomic E-state index is 13.9. The van der Waals surface area contributed by atoms with Gasteiger partial charge in [0.25, 0.3) is 0 Å². The standard InChI is InChI=1S/C35H41FN8O2/c1-4-34(45)41-31-19-30(14-15-32(31)43-18-17-42(3)24(2)23-43)44(35(46)39-21-25-5-8-27(36)9-6-25)29-12-10-28(11-13-29)40-33-16-7-26(20-37)22-38-33/h4-9,14-16,19,22,24,28-29H,1,10-13,17-18,21,23H2,2-3H3,(H,38,40)(H,39,46)(H,41,45)/t24-,28?,29?/m0/s1. The zero-order valence-corrected chi connectivity index (χ0v) is 26.4. The molecule has 0 bridgehead atoms. The van der Waals surface area contributed by atoms with Crippen LogP contribution in [0.2, 0.25) is 0 Å². The average molecular weight is 625 g/mol. The molecule has 46 heavy (non-hydrogen) atoms. The number of likely N-dealkylation sites (N-methyl/N-ethyl adjacent to an activating group) is 1. The van der Waals surface area contributed by atoms with Gasteiger partial charge in [-0.05, 0) is 93.8 Å². The van der Waals surface area contributed by atoms with Gasteiger partial charge in [0.05, 0.1) is 16.9 Å². The Morgan fingerprint density at radius 2 is 1.87 bits per heavy atom. The summed E-state index contributed by atoms with van der Waals surface area (Å²) in [5.41, 5.74) is 3.49. The molecule has 3 amide bonds. The van der Waals surface area contributed by atoms with E-state index in [0.29, 0.717) is 28.8 Å². The van der Waals surface area contributed by atoms with Crippen LogP contribution in [0.4, 0.5) is 32.1 Å². The first-order chi connectivity index (χ1) is 22.2. The third-order valence-electron chi connectivity index (χ3n) is 8.88. The highest BCUT2D eigenvalue weighted by Gasteiger charge is 2.31. The van der Waals surface area contributed by atoms with Crippen LogP contribution in [0.25, 0.3) is 0 Å². The molecule has 1 saturated heterocycles. The summed E-state index contributed by atoms with van der Waals surface area (Å²) in [5, 5.41) is 18.5. The zero-order chi connectivity index (χ0) is 32.6. The van der Waals surface area contributed by atoms with Crippen LogP contribution in [0.5, 0.6) is 0 Å². The molecule has 2 fully saturated rings. The lowest BCUT2D eigenvalue weighted by Gasteiger charge is -2.40. The van der Waals surface area contributed by atoms with Crippen LogP contribution in [-0.2, 0) is 11.3 Å². The van der Waals surface area contributed by atoms with Gasteiger partial charge in [-0.3, -0.25) is 9.69 Å². The van der Waals surface area contributed by atoms with Gasteiger partial charge in [0.1, 0.15) is 17.7 Å². The second-order valence-electron chi connectivity index (χ2n) is 12.0. The summed E-state index contributed by atoms with van der Waals surface area (Å²) in [6.07, 6.45) is 5.90. The van der Waals surface area contributed by atoms with Crippen molar-refractivity contribution < 1.29 is 14.0 Å². The Balaban J connectivity index is 1.39. The Morgan fingerprint density at radius 1 is 1.11 bits per heavy atom. The molecular weight excluding hydrogens is 583 g/mol. The van der Waals surface area contributed by atoms with Gasteiger partial charge in [-0.15, -0.1) is 0 Å². The Hall–Kier alpha value is -4.95. The molecule has 1 atom stereocenters. The lowest BCUT2D eigenvalue weighted by molar-refractivity contribution is -0.111. The summed E-state index contributed by atoms with van der Waals surface area (Å²) in [6, 6.07) is 17.7. The quantitative estimate of drug-likeness (QED) is 0.270. The van der Waals surface area contributed by atoms with Gasteiger partial charge in [-0.1, -0.05) is 18.7 Å². The molecule has 0 unspecified atom stereocenters. The number of carbonyl (C=O) groups is 2. The smallest absolute Gasteiger partial charge is 0.322 e. The van der Waals surface area contributed by atoms with Crippen molar-refractivity contribution in [1.29, 1.82) is 5.26 Å². The number of aromatic nitrogens is 1. The Bertz CT molecular complexity index is 1560. The van der Waals surface area contributed by atoms with E-state index in [0.717, 1.165) is 56.6 Å². The van der Waals surface area contributed by atoms with Crippen LogP contribution >= 0.6 is 0 Å². The SMILES string of the molecule is C=CC(=O)Nc1cc(N(C(=O)NCc2ccc(F)cc2)C2CCC(Nc3ccc(C#N)cn3)CC2)ccc1N1CCN(C)[C@@H](C)C1. The molecule has 2 aromatic carbocycles. The highest BCUT2D eigenvalue weighted by atomic mass is 19.1. The van der Waals surface area contributed by atoms with Gasteiger partial charge < -0.3 is 25.8 Å². The second kappa shape index (κ2) is 14.9. The summed E-state index contributed by atoms with van der Waals surface area (Å²) < 4.78 is 13.5. The minimum absolute atomic E-state index is 0.0994. The first-order valence-corrected chi connectivity index (χ1v) is 15.7. The normalized spacial score (nSPS) is 19.9. The van der Waals surface area contributed by atoms with E-state index in [1.54, 1.807) is 29.3 Å². The first kappa shape index (κ1) is 32.4. The van der Waals surface area contributed by atoms with Crippen LogP contribution in [-0.4, -0.2) is 66.6 Å². The molecule has 0 radical (unpaired) electrons. The zero-order valence-electron chi connectivity index (χ0n) is 26.4. The van der Waals surface area contributed by atoms with Gasteiger partial charge in [0.2, 0.25) is 5.91 Å². The van der Waals surface area contributed by atoms with Crippen LogP contribution in [0, 0.1) is 17.1 Å². The third-order valence-corrected chi connectivity index (χ3v) is 8.88. The van der Waals surface area contributed by atoms with E-state index in [1.807, 2.05) is 24.3 Å². The number of nitriles is 1. The van der Waals surface area contributed by atoms with Gasteiger partial charge >= 0.3 is 6.03 Å². The predicted molar refractivity (Wildman–Crippen MR) is 179 cm³/mol. The lowest BCUT2D eigenvalue weighted by atomic mass is 9.89. The molecule has 2 aliphatic rings. The van der Waals surface area contributed by atoms with Crippen molar-refractivity contribution in [2.45, 2.75) is 57.3 Å². The molecule has 3 N–H and O–H groups in total. The van der Waals surface area contributed by atoms with Crippen molar-refractivity contribution in [2.75, 3.05) is 47.1 Å². The highest BCUT2D eigenvalue weighted by molar-refractivity contribution is 6.02. The summed E-state index contributed by atoms with van der Waals surface area (Å²) in [7, 11) is 2.11. The molecule has 3 aromatic rings. The van der Waals surface area contributed by atoms with Gasteiger partial charge in [-0.25, -0.2) is 14.2 Å². The number of halogens is 1. The van der Waals surface area contributed by atoms with Crippen LogP contribution in [0.1, 0.15) is 43.7 Å². The van der Waals surface area contributed by atoms with Crippen molar-refractivity contribution in [1.82, 2.24) is 15.2 Å². The molecular formula is C35H41FN8O2. The average Bonchev–Trinajstić information content (AvgIpc) is 3.07. The van der Waals surface area contributed by atoms with Crippen LogP contribution in [0.15, 0.2) is 73.4 Å². The van der Waals surface area contributed by atoms with Gasteiger partial charge in [0.15, 0.2) is 0 Å². The number of hydrogen-bond donors (Lipinski definition) is 3. The second-order valence-corrected chi connectivity index (χ2v) is 12.0. The van der Waals surface area contributed by atoms with Crippen LogP contribution in [0.3, 0.4) is 0 Å². The number of amides is 3. The van der Waals surface area contributed by atoms with Crippen molar-refractivity contribution >= 4 is 34.8 Å². The Morgan fingerprint density at radius 3 is 2.52 bits per heavy atom. The number of carbonyl (C=O) groups excluding carboxylic acids is 2. The fourth-order valence-corrected chi connectivity index (χ4v) is 6.09. The minimum Gasteiger partial charge on any atom is -0.367 e. The van der Waals surface area contributed by atoms with E-state index in [1.165, 1.54) is 18.2 Å². The van der Waals surface area contributed by atoms with E-state index >= 15 is 0 Å². The van der Waals surface area contributed by atoms with E-state index in [9.17, 15) is 14.0 Å². The third kappa shape index (κ3) is 8.00. The highest BCUT2D eigenvalue weighted by Crippen LogP contribution is 2.36. The van der Waals surface area contributed by atoms with Crippen molar-refractivity contribution in [3.63, 3.8) is 0 Å². The molecule has 11 heteroatoms. The number of nitrogens with one attached hydrogen (secondary N) is 3. The van der Waals surface area contributed by atoms with Crippen LogP contribution < -0.4 is 25.8 Å². The molecule has 1 aliphatic heterocycles. The largest absolute Gasteiger partial charge is 0.367 e. The molecule has 2 heterocycles. The van der Waals surface area contributed by atoms with E-state index in [4.69, 9.17) is 5.26 Å². The maximum Gasteiger partial charge on any atom is 0.322 e. The number of rotatable bonds is 9. The summed E-state index contributed by atoms with van der Waals surface area (Å²) in [6.45, 7) is 8.56. The fraction of sp³-hybridized carbons (Fsp3) is 0.371. The van der Waals surface area contributed by atoms with Gasteiger partial charge in [-0.2, -0.15) is 5.26 Å². The number of piperazine rings is 1. The predicted octanol–water partition coefficient (Wildman–Crippen LogP) is 5.50. The van der Waals surface area contributed by atoms with E-state index in [2.05, 4.69) is 57.4 Å². The van der Waals surface area contributed by atoms with E-state index < -0.39 is 0 Å². The van der Waals surface area contributed by atoms with Gasteiger partial charge in [0, 0.05) is 56.2 Å². The Kier molecular flexibility index (Phi) is 10.5. The van der Waals surface area contributed by atoms with Crippen molar-refractivity contribution in [3.05, 3.63) is 90.4 Å². The number of urea groups is 1. The van der Waals surface area contributed by atoms with E-state index in [-0.39, 0.29) is 36.4 Å². The molecule has 5 rings (SSSR count). The summed E-state index contributed by atoms with van der Waals surface area (Å²) in [4.78, 5) is 37.2. The molecule has 240 valence electrons. The van der Waals surface area contributed by atoms with Crippen molar-refractivity contribution in [2.24, 2.45) is 0 Å². The number of benzene rings is 2. The molecule has 1 aromatic heterocycles. The lowest BCUT2D eigenvalue weighted by Crippen LogP contribution is -2.50. The Labute approximate surface area is 269 Å². The molecule has 10 nitrogen and oxygen atoms in total.